The van der Waals surface area contributed by atoms with Crippen LogP contribution in [0.15, 0.2) is 76.5 Å². The first kappa shape index (κ1) is 26.8. The number of sulfonamides is 1. The fourth-order valence-corrected chi connectivity index (χ4v) is 5.10. The number of halogens is 2. The first-order chi connectivity index (χ1) is 14.8. The van der Waals surface area contributed by atoms with Crippen LogP contribution in [0, 0.1) is 17.3 Å². The summed E-state index contributed by atoms with van der Waals surface area (Å²) in [4.78, 5) is 12.6. The van der Waals surface area contributed by atoms with Crippen LogP contribution in [0.25, 0.3) is 4.72 Å². The minimum atomic E-state index is -4.34. The van der Waals surface area contributed by atoms with Gasteiger partial charge in [0.15, 0.2) is 0 Å². The number of rotatable bonds is 7. The number of amides is 1. The molecule has 3 aromatic rings. The fourth-order valence-electron chi connectivity index (χ4n) is 2.59. The molecule has 0 aliphatic heterocycles. The summed E-state index contributed by atoms with van der Waals surface area (Å²) in [6.07, 6.45) is 1.27. The molecule has 0 saturated carbocycles. The Morgan fingerprint density at radius 3 is 2.41 bits per heavy atom. The molecule has 3 rings (SSSR count). The van der Waals surface area contributed by atoms with Gasteiger partial charge in [0.2, 0.25) is 10.0 Å². The number of thioether (sulfide) groups is 1. The number of anilines is 1. The van der Waals surface area contributed by atoms with E-state index in [9.17, 15) is 17.6 Å². The van der Waals surface area contributed by atoms with Crippen molar-refractivity contribution in [2.75, 3.05) is 5.32 Å². The zero-order valence-corrected chi connectivity index (χ0v) is 22.3. The third-order valence-corrected chi connectivity index (χ3v) is 6.84. The van der Waals surface area contributed by atoms with Crippen LogP contribution in [0.2, 0.25) is 5.02 Å². The minimum Gasteiger partial charge on any atom is -0.493 e. The quantitative estimate of drug-likeness (QED) is 0.297. The number of nitriles is 1. The van der Waals surface area contributed by atoms with Gasteiger partial charge in [0.25, 0.3) is 5.91 Å². The second-order valence-corrected chi connectivity index (χ2v) is 9.18. The molecule has 1 N–H and O–H groups in total. The number of hydrogen-bond acceptors (Lipinski definition) is 5. The molecule has 0 bridgehead atoms. The Balaban J connectivity index is 0.00000363. The van der Waals surface area contributed by atoms with Gasteiger partial charge in [-0.25, -0.2) is 12.8 Å². The molecular formula is C21H14ClFKN3O3S2. The van der Waals surface area contributed by atoms with E-state index < -0.39 is 21.7 Å². The molecule has 32 heavy (non-hydrogen) atoms. The Morgan fingerprint density at radius 2 is 1.78 bits per heavy atom. The smallest absolute Gasteiger partial charge is 0.493 e. The maximum Gasteiger partial charge on any atom is 1.00 e. The predicted molar refractivity (Wildman–Crippen MR) is 118 cm³/mol. The van der Waals surface area contributed by atoms with Crippen molar-refractivity contribution in [2.45, 2.75) is 15.5 Å². The largest absolute Gasteiger partial charge is 1.00 e. The molecule has 0 aliphatic rings. The van der Waals surface area contributed by atoms with E-state index in [0.717, 1.165) is 11.6 Å². The molecule has 0 atom stereocenters. The van der Waals surface area contributed by atoms with E-state index in [0.29, 0.717) is 11.4 Å². The molecule has 158 valence electrons. The van der Waals surface area contributed by atoms with Gasteiger partial charge in [-0.2, -0.15) is 0 Å². The Kier molecular flexibility index (Phi) is 10.2. The number of hydrogen-bond donors (Lipinski definition) is 1. The normalized spacial score (nSPS) is 10.5. The van der Waals surface area contributed by atoms with Gasteiger partial charge >= 0.3 is 51.4 Å². The van der Waals surface area contributed by atoms with Crippen molar-refractivity contribution in [2.24, 2.45) is 0 Å². The van der Waals surface area contributed by atoms with E-state index in [1.165, 1.54) is 48.3 Å². The Bertz CT molecular complexity index is 1250. The van der Waals surface area contributed by atoms with Crippen LogP contribution in [0.4, 0.5) is 10.1 Å². The summed E-state index contributed by atoms with van der Waals surface area (Å²) in [7, 11) is -4.34. The molecule has 0 heterocycles. The number of benzene rings is 3. The maximum atomic E-state index is 13.1. The van der Waals surface area contributed by atoms with Crippen LogP contribution in [0.3, 0.4) is 0 Å². The van der Waals surface area contributed by atoms with Crippen molar-refractivity contribution in [3.05, 3.63) is 93.4 Å². The van der Waals surface area contributed by atoms with Gasteiger partial charge in [0, 0.05) is 16.3 Å². The zero-order chi connectivity index (χ0) is 22.4. The van der Waals surface area contributed by atoms with E-state index in [1.807, 2.05) is 30.3 Å². The molecule has 1 amide bonds. The third-order valence-electron chi connectivity index (χ3n) is 4.06. The van der Waals surface area contributed by atoms with Crippen LogP contribution in [-0.2, 0) is 15.8 Å². The SMILES string of the molecule is N#C[N-]S(=O)(=O)c1cc(C(=O)Nc2ccc(F)cc2)c(Cl)cc1SCc1ccccc1.[K+]. The van der Waals surface area contributed by atoms with Crippen molar-refractivity contribution >= 4 is 45.0 Å². The first-order valence-corrected chi connectivity index (χ1v) is 11.5. The molecule has 0 radical (unpaired) electrons. The Morgan fingerprint density at radius 1 is 1.12 bits per heavy atom. The second-order valence-electron chi connectivity index (χ2n) is 6.18. The number of nitrogens with one attached hydrogen (secondary N) is 1. The summed E-state index contributed by atoms with van der Waals surface area (Å²) >= 11 is 7.46. The molecule has 0 fully saturated rings. The van der Waals surface area contributed by atoms with E-state index in [-0.39, 0.29) is 71.8 Å². The van der Waals surface area contributed by atoms with E-state index in [2.05, 4.69) is 10.0 Å². The van der Waals surface area contributed by atoms with Gasteiger partial charge in [-0.1, -0.05) is 48.1 Å². The summed E-state index contributed by atoms with van der Waals surface area (Å²) in [6, 6.07) is 16.8. The van der Waals surface area contributed by atoms with E-state index in [1.54, 1.807) is 0 Å². The summed E-state index contributed by atoms with van der Waals surface area (Å²) in [5, 5.41) is 11.3. The Hall–Kier alpha value is -1.42. The minimum absolute atomic E-state index is 0. The molecule has 0 aromatic heterocycles. The standard InChI is InChI=1S/C21H15ClFN3O3S2.K/c22-18-11-19(30-12-14-4-2-1-3-5-14)20(31(28,29)25-13-24)10-17(18)21(27)26-16-8-6-15(23)7-9-16;/h1-11,24H,12H2,(H,26,27);/q;+1/p-1. The molecule has 3 aromatic carbocycles. The van der Waals surface area contributed by atoms with Crippen LogP contribution >= 0.6 is 23.4 Å². The van der Waals surface area contributed by atoms with Gasteiger partial charge in [0.1, 0.15) is 5.82 Å². The van der Waals surface area contributed by atoms with Gasteiger partial charge in [-0.15, -0.1) is 11.8 Å². The Labute approximate surface area is 237 Å². The number of carbonyl (C=O) groups excluding carboxylic acids is 1. The van der Waals surface area contributed by atoms with Gasteiger partial charge in [-0.05, 0) is 42.0 Å². The van der Waals surface area contributed by atoms with Crippen LogP contribution in [0.5, 0.6) is 0 Å². The van der Waals surface area contributed by atoms with Gasteiger partial charge in [0.05, 0.1) is 15.5 Å². The van der Waals surface area contributed by atoms with E-state index >= 15 is 0 Å². The van der Waals surface area contributed by atoms with Crippen molar-refractivity contribution in [1.29, 1.82) is 5.26 Å². The fraction of sp³-hybridized carbons (Fsp3) is 0.0476. The van der Waals surface area contributed by atoms with Gasteiger partial charge in [-0.3, -0.25) is 4.79 Å². The summed E-state index contributed by atoms with van der Waals surface area (Å²) in [6.45, 7) is 0. The van der Waals surface area contributed by atoms with Crippen molar-refractivity contribution in [3.63, 3.8) is 0 Å². The van der Waals surface area contributed by atoms with Crippen molar-refractivity contribution in [3.8, 4) is 6.19 Å². The molecule has 0 saturated heterocycles. The topological polar surface area (TPSA) is 101 Å². The van der Waals surface area contributed by atoms with Crippen molar-refractivity contribution in [1.82, 2.24) is 0 Å². The zero-order valence-electron chi connectivity index (χ0n) is 16.7. The van der Waals surface area contributed by atoms with Crippen LogP contribution < -0.4 is 56.7 Å². The monoisotopic (exact) mass is 513 g/mol. The van der Waals surface area contributed by atoms with Gasteiger partial charge < -0.3 is 15.3 Å². The average molecular weight is 514 g/mol. The third kappa shape index (κ3) is 7.04. The van der Waals surface area contributed by atoms with Crippen LogP contribution in [0.1, 0.15) is 15.9 Å². The summed E-state index contributed by atoms with van der Waals surface area (Å²) < 4.78 is 41.1. The average Bonchev–Trinajstić information content (AvgIpc) is 2.74. The molecule has 11 heteroatoms. The molecule has 6 nitrogen and oxygen atoms in total. The summed E-state index contributed by atoms with van der Waals surface area (Å²) in [5.41, 5.74) is 1.13. The van der Waals surface area contributed by atoms with Crippen LogP contribution in [-0.4, -0.2) is 14.3 Å². The summed E-state index contributed by atoms with van der Waals surface area (Å²) in [5.74, 6) is -0.722. The van der Waals surface area contributed by atoms with Crippen molar-refractivity contribution < 1.29 is 69.0 Å². The molecule has 0 aliphatic carbocycles. The maximum absolute atomic E-state index is 13.1. The molecular weight excluding hydrogens is 500 g/mol. The number of nitrogens with zero attached hydrogens (tertiary/aromatic N) is 2. The molecule has 0 spiro atoms. The van der Waals surface area contributed by atoms with E-state index in [4.69, 9.17) is 16.9 Å². The predicted octanol–water partition coefficient (Wildman–Crippen LogP) is 2.57. The first-order valence-electron chi connectivity index (χ1n) is 8.73. The molecule has 0 unspecified atom stereocenters. The second kappa shape index (κ2) is 12.2. The number of carbonyl (C=O) groups is 1.